The molecule has 0 radical (unpaired) electrons. The molecule has 3 rings (SSSR count). The molecule has 2 aromatic carbocycles. The van der Waals surface area contributed by atoms with E-state index >= 15 is 0 Å². The van der Waals surface area contributed by atoms with Crippen molar-refractivity contribution in [1.29, 1.82) is 0 Å². The molecular weight excluding hydrogens is 292 g/mol. The number of aromatic nitrogens is 2. The average Bonchev–Trinajstić information content (AvgIpc) is 2.87. The third-order valence-electron chi connectivity index (χ3n) is 2.86. The lowest BCUT2D eigenvalue weighted by Gasteiger charge is -2.04. The van der Waals surface area contributed by atoms with Gasteiger partial charge >= 0.3 is 0 Å². The molecule has 0 aliphatic heterocycles. The van der Waals surface area contributed by atoms with Crippen LogP contribution in [-0.4, -0.2) is 14.9 Å². The van der Waals surface area contributed by atoms with Crippen LogP contribution in [-0.2, 0) is 6.61 Å². The van der Waals surface area contributed by atoms with Crippen molar-refractivity contribution in [2.45, 2.75) is 6.61 Å². The van der Waals surface area contributed by atoms with Crippen LogP contribution in [0.25, 0.3) is 16.5 Å². The fourth-order valence-electron chi connectivity index (χ4n) is 1.94. The van der Waals surface area contributed by atoms with Gasteiger partial charge in [-0.1, -0.05) is 28.1 Å². The molecule has 1 heterocycles. The summed E-state index contributed by atoms with van der Waals surface area (Å²) in [6.07, 6.45) is 1.85. The van der Waals surface area contributed by atoms with E-state index in [1.165, 1.54) is 5.39 Å². The first-order chi connectivity index (χ1) is 8.76. The van der Waals surface area contributed by atoms with Crippen LogP contribution in [0.5, 0.6) is 0 Å². The van der Waals surface area contributed by atoms with Crippen LogP contribution in [0.4, 0.5) is 0 Å². The van der Waals surface area contributed by atoms with E-state index in [0.29, 0.717) is 5.69 Å². The number of hydrogen-bond donors (Lipinski definition) is 1. The fraction of sp³-hybridized carbons (Fsp3) is 0.0714. The molecule has 1 aromatic heterocycles. The maximum Gasteiger partial charge on any atom is 0.0883 e. The first-order valence-electron chi connectivity index (χ1n) is 5.61. The van der Waals surface area contributed by atoms with E-state index in [1.807, 2.05) is 24.4 Å². The van der Waals surface area contributed by atoms with Crippen LogP contribution in [0, 0.1) is 0 Å². The highest BCUT2D eigenvalue weighted by atomic mass is 79.9. The van der Waals surface area contributed by atoms with Gasteiger partial charge in [-0.25, -0.2) is 4.68 Å². The summed E-state index contributed by atoms with van der Waals surface area (Å²) in [4.78, 5) is 0. The zero-order valence-corrected chi connectivity index (χ0v) is 11.1. The summed E-state index contributed by atoms with van der Waals surface area (Å²) in [5, 5.41) is 15.6. The van der Waals surface area contributed by atoms with Crippen LogP contribution >= 0.6 is 15.9 Å². The smallest absolute Gasteiger partial charge is 0.0883 e. The number of rotatable bonds is 2. The standard InChI is InChI=1S/C14H11BrN2O/c15-12-3-1-11-8-14(4-2-10(11)7-12)17-6-5-13(9-18)16-17/h1-8,18H,9H2. The second-order valence-corrected chi connectivity index (χ2v) is 5.00. The second-order valence-electron chi connectivity index (χ2n) is 4.09. The van der Waals surface area contributed by atoms with Crippen molar-refractivity contribution >= 4 is 26.7 Å². The molecule has 0 amide bonds. The van der Waals surface area contributed by atoms with Gasteiger partial charge < -0.3 is 5.11 Å². The fourth-order valence-corrected chi connectivity index (χ4v) is 2.32. The van der Waals surface area contributed by atoms with Crippen LogP contribution in [0.15, 0.2) is 53.1 Å². The van der Waals surface area contributed by atoms with Crippen LogP contribution < -0.4 is 0 Å². The summed E-state index contributed by atoms with van der Waals surface area (Å²) in [5.41, 5.74) is 1.66. The van der Waals surface area contributed by atoms with Crippen molar-refractivity contribution in [2.75, 3.05) is 0 Å². The summed E-state index contributed by atoms with van der Waals surface area (Å²) in [7, 11) is 0. The predicted molar refractivity (Wildman–Crippen MR) is 74.7 cm³/mol. The van der Waals surface area contributed by atoms with Crippen LogP contribution in [0.1, 0.15) is 5.69 Å². The van der Waals surface area contributed by atoms with Gasteiger partial charge in [-0.05, 0) is 41.1 Å². The van der Waals surface area contributed by atoms with Gasteiger partial charge in [0, 0.05) is 10.7 Å². The van der Waals surface area contributed by atoms with Gasteiger partial charge in [0.25, 0.3) is 0 Å². The summed E-state index contributed by atoms with van der Waals surface area (Å²) in [6.45, 7) is -0.0342. The van der Waals surface area contributed by atoms with E-state index < -0.39 is 0 Å². The van der Waals surface area contributed by atoms with Crippen molar-refractivity contribution in [3.05, 3.63) is 58.8 Å². The summed E-state index contributed by atoms with van der Waals surface area (Å²) in [5.74, 6) is 0. The van der Waals surface area contributed by atoms with E-state index in [2.05, 4.69) is 45.3 Å². The number of aliphatic hydroxyl groups is 1. The van der Waals surface area contributed by atoms with Gasteiger partial charge in [-0.15, -0.1) is 0 Å². The van der Waals surface area contributed by atoms with Gasteiger partial charge in [-0.3, -0.25) is 0 Å². The Hall–Kier alpha value is -1.65. The Morgan fingerprint density at radius 2 is 1.83 bits per heavy atom. The summed E-state index contributed by atoms with van der Waals surface area (Å²) >= 11 is 3.46. The number of aliphatic hydroxyl groups excluding tert-OH is 1. The second kappa shape index (κ2) is 4.55. The predicted octanol–water partition coefficient (Wildman–Crippen LogP) is 3.28. The summed E-state index contributed by atoms with van der Waals surface area (Å²) in [6, 6.07) is 14.1. The Balaban J connectivity index is 2.10. The Bertz CT molecular complexity index is 706. The molecule has 18 heavy (non-hydrogen) atoms. The van der Waals surface area contributed by atoms with E-state index in [4.69, 9.17) is 5.11 Å². The normalized spacial score (nSPS) is 11.0. The molecule has 4 heteroatoms. The maximum atomic E-state index is 9.02. The van der Waals surface area contributed by atoms with Gasteiger partial charge in [0.05, 0.1) is 18.0 Å². The van der Waals surface area contributed by atoms with Gasteiger partial charge in [0.1, 0.15) is 0 Å². The molecule has 0 bridgehead atoms. The summed E-state index contributed by atoms with van der Waals surface area (Å²) < 4.78 is 2.84. The number of hydrogen-bond acceptors (Lipinski definition) is 2. The zero-order valence-electron chi connectivity index (χ0n) is 9.55. The van der Waals surface area contributed by atoms with E-state index in [1.54, 1.807) is 4.68 Å². The Kier molecular flexibility index (Phi) is 2.89. The van der Waals surface area contributed by atoms with E-state index in [-0.39, 0.29) is 6.61 Å². The highest BCUT2D eigenvalue weighted by Crippen LogP contribution is 2.22. The Morgan fingerprint density at radius 3 is 2.61 bits per heavy atom. The molecule has 3 aromatic rings. The number of halogens is 1. The van der Waals surface area contributed by atoms with Crippen LogP contribution in [0.2, 0.25) is 0 Å². The van der Waals surface area contributed by atoms with Crippen molar-refractivity contribution in [3.63, 3.8) is 0 Å². The lowest BCUT2D eigenvalue weighted by atomic mass is 10.1. The Morgan fingerprint density at radius 1 is 1.06 bits per heavy atom. The maximum absolute atomic E-state index is 9.02. The molecule has 0 fully saturated rings. The molecule has 90 valence electrons. The van der Waals surface area contributed by atoms with E-state index in [0.717, 1.165) is 15.5 Å². The molecule has 0 atom stereocenters. The largest absolute Gasteiger partial charge is 0.390 e. The molecular formula is C14H11BrN2O. The van der Waals surface area contributed by atoms with Gasteiger partial charge in [0.2, 0.25) is 0 Å². The molecule has 0 aliphatic carbocycles. The quantitative estimate of drug-likeness (QED) is 0.789. The first kappa shape index (κ1) is 11.4. The van der Waals surface area contributed by atoms with Gasteiger partial charge in [0.15, 0.2) is 0 Å². The lowest BCUT2D eigenvalue weighted by molar-refractivity contribution is 0.276. The number of nitrogens with zero attached hydrogens (tertiary/aromatic N) is 2. The lowest BCUT2D eigenvalue weighted by Crippen LogP contribution is -1.96. The van der Waals surface area contributed by atoms with Crippen LogP contribution in [0.3, 0.4) is 0 Å². The number of fused-ring (bicyclic) bond motifs is 1. The third-order valence-corrected chi connectivity index (χ3v) is 3.35. The molecule has 0 saturated heterocycles. The van der Waals surface area contributed by atoms with Gasteiger partial charge in [-0.2, -0.15) is 5.10 Å². The van der Waals surface area contributed by atoms with Crippen molar-refractivity contribution < 1.29 is 5.11 Å². The van der Waals surface area contributed by atoms with Crippen molar-refractivity contribution in [3.8, 4) is 5.69 Å². The minimum absolute atomic E-state index is 0.0342. The molecule has 3 nitrogen and oxygen atoms in total. The molecule has 0 aliphatic rings. The topological polar surface area (TPSA) is 38.0 Å². The number of benzene rings is 2. The zero-order chi connectivity index (χ0) is 12.5. The van der Waals surface area contributed by atoms with Crippen molar-refractivity contribution in [1.82, 2.24) is 9.78 Å². The SMILES string of the molecule is OCc1ccn(-c2ccc3cc(Br)ccc3c2)n1. The Labute approximate surface area is 113 Å². The average molecular weight is 303 g/mol. The van der Waals surface area contributed by atoms with Crippen molar-refractivity contribution in [2.24, 2.45) is 0 Å². The van der Waals surface area contributed by atoms with E-state index in [9.17, 15) is 0 Å². The highest BCUT2D eigenvalue weighted by molar-refractivity contribution is 9.10. The molecule has 1 N–H and O–H groups in total. The highest BCUT2D eigenvalue weighted by Gasteiger charge is 2.02. The monoisotopic (exact) mass is 302 g/mol. The minimum atomic E-state index is -0.0342. The molecule has 0 unspecified atom stereocenters. The molecule has 0 saturated carbocycles. The third kappa shape index (κ3) is 2.05. The molecule has 0 spiro atoms. The first-order valence-corrected chi connectivity index (χ1v) is 6.41. The minimum Gasteiger partial charge on any atom is -0.390 e.